The molecule has 0 aliphatic carbocycles. The van der Waals surface area contributed by atoms with E-state index in [-0.39, 0.29) is 17.2 Å². The number of aliphatic carboxylic acids is 1. The van der Waals surface area contributed by atoms with Crippen LogP contribution in [0.25, 0.3) is 0 Å². The van der Waals surface area contributed by atoms with Gasteiger partial charge in [-0.3, -0.25) is 4.79 Å². The van der Waals surface area contributed by atoms with Crippen molar-refractivity contribution in [2.45, 2.75) is 11.6 Å². The Morgan fingerprint density at radius 2 is 2.00 bits per heavy atom. The van der Waals surface area contributed by atoms with Gasteiger partial charge in [0.25, 0.3) is 15.9 Å². The Kier molecular flexibility index (Phi) is 6.01. The zero-order valence-electron chi connectivity index (χ0n) is 14.1. The van der Waals surface area contributed by atoms with E-state index in [1.165, 1.54) is 14.1 Å². The normalized spacial score (nSPS) is 11.3. The number of sulfonamides is 1. The van der Waals surface area contributed by atoms with Crippen LogP contribution in [0.1, 0.15) is 15.9 Å². The van der Waals surface area contributed by atoms with Gasteiger partial charge >= 0.3 is 5.97 Å². The Balaban J connectivity index is 2.00. The summed E-state index contributed by atoms with van der Waals surface area (Å²) in [5.74, 6) is -1.24. The molecule has 1 aromatic carbocycles. The molecular formula is C16H18N2O7S. The first kappa shape index (κ1) is 19.5. The van der Waals surface area contributed by atoms with E-state index in [1.54, 1.807) is 24.3 Å². The molecule has 9 nitrogen and oxygen atoms in total. The highest BCUT2D eigenvalue weighted by molar-refractivity contribution is 7.88. The molecule has 0 aliphatic heterocycles. The summed E-state index contributed by atoms with van der Waals surface area (Å²) < 4.78 is 34.9. The Morgan fingerprint density at radius 1 is 1.27 bits per heavy atom. The van der Waals surface area contributed by atoms with E-state index in [9.17, 15) is 18.0 Å². The molecule has 26 heavy (non-hydrogen) atoms. The number of ether oxygens (including phenoxy) is 1. The van der Waals surface area contributed by atoms with Crippen molar-refractivity contribution in [3.05, 3.63) is 47.7 Å². The third kappa shape index (κ3) is 4.83. The lowest BCUT2D eigenvalue weighted by Gasteiger charge is -2.07. The summed E-state index contributed by atoms with van der Waals surface area (Å²) in [6, 6.07) is 7.74. The number of carboxylic acid groups (broad SMARTS) is 1. The summed E-state index contributed by atoms with van der Waals surface area (Å²) in [6.07, 6.45) is 1.07. The Labute approximate surface area is 150 Å². The number of hydrogen-bond donors (Lipinski definition) is 2. The van der Waals surface area contributed by atoms with Crippen molar-refractivity contribution in [1.29, 1.82) is 0 Å². The van der Waals surface area contributed by atoms with Crippen LogP contribution in [-0.2, 0) is 21.4 Å². The van der Waals surface area contributed by atoms with Crippen LogP contribution >= 0.6 is 0 Å². The summed E-state index contributed by atoms with van der Waals surface area (Å²) in [6.45, 7) is -0.321. The quantitative estimate of drug-likeness (QED) is 0.695. The minimum atomic E-state index is -3.75. The third-order valence-electron chi connectivity index (χ3n) is 3.29. The number of rotatable bonds is 8. The molecule has 0 radical (unpaired) electrons. The number of carboxylic acids is 1. The van der Waals surface area contributed by atoms with Gasteiger partial charge in [-0.1, -0.05) is 12.1 Å². The lowest BCUT2D eigenvalue weighted by molar-refractivity contribution is -0.139. The van der Waals surface area contributed by atoms with Crippen LogP contribution in [0.15, 0.2) is 46.1 Å². The number of carbonyl (C=O) groups excluding carboxylic acids is 1. The van der Waals surface area contributed by atoms with E-state index in [4.69, 9.17) is 14.3 Å². The first-order valence-corrected chi connectivity index (χ1v) is 8.87. The van der Waals surface area contributed by atoms with Gasteiger partial charge in [0.1, 0.15) is 12.0 Å². The molecule has 0 saturated heterocycles. The first-order chi connectivity index (χ1) is 12.2. The molecule has 0 spiro atoms. The average Bonchev–Trinajstić information content (AvgIpc) is 3.09. The van der Waals surface area contributed by atoms with Crippen LogP contribution in [0.4, 0.5) is 0 Å². The molecule has 0 atom stereocenters. The lowest BCUT2D eigenvalue weighted by Crippen LogP contribution is -2.23. The lowest BCUT2D eigenvalue weighted by atomic mass is 10.2. The Morgan fingerprint density at radius 3 is 2.65 bits per heavy atom. The van der Waals surface area contributed by atoms with Gasteiger partial charge in [0.05, 0.1) is 5.56 Å². The Bertz CT molecular complexity index is 903. The smallest absolute Gasteiger partial charge is 0.341 e. The van der Waals surface area contributed by atoms with Gasteiger partial charge in [0.15, 0.2) is 6.61 Å². The SMILES string of the molecule is CN(C)S(=O)(=O)c1cc(C(=O)NCc2cccc(OCC(=O)O)c2)co1. The van der Waals surface area contributed by atoms with Gasteiger partial charge in [-0.05, 0) is 17.7 Å². The van der Waals surface area contributed by atoms with Crippen molar-refractivity contribution in [1.82, 2.24) is 9.62 Å². The van der Waals surface area contributed by atoms with Crippen LogP contribution in [0.2, 0.25) is 0 Å². The molecule has 0 aliphatic rings. The maximum atomic E-state index is 12.1. The molecular weight excluding hydrogens is 364 g/mol. The number of amides is 1. The van der Waals surface area contributed by atoms with Crippen LogP contribution in [-0.4, -0.2) is 50.4 Å². The fourth-order valence-corrected chi connectivity index (χ4v) is 2.73. The summed E-state index contributed by atoms with van der Waals surface area (Å²) in [5.41, 5.74) is 0.759. The summed E-state index contributed by atoms with van der Waals surface area (Å²) >= 11 is 0. The van der Waals surface area contributed by atoms with Gasteiger partial charge < -0.3 is 19.6 Å². The predicted molar refractivity (Wildman–Crippen MR) is 90.3 cm³/mol. The highest BCUT2D eigenvalue weighted by Gasteiger charge is 2.23. The van der Waals surface area contributed by atoms with Crippen LogP contribution < -0.4 is 10.1 Å². The zero-order chi connectivity index (χ0) is 19.3. The van der Waals surface area contributed by atoms with E-state index in [0.29, 0.717) is 11.3 Å². The molecule has 0 bridgehead atoms. The van der Waals surface area contributed by atoms with Crippen LogP contribution in [0.3, 0.4) is 0 Å². The summed E-state index contributed by atoms with van der Waals surface area (Å²) in [7, 11) is -1.04. The Hall–Kier alpha value is -2.85. The topological polar surface area (TPSA) is 126 Å². The highest BCUT2D eigenvalue weighted by Crippen LogP contribution is 2.17. The number of carbonyl (C=O) groups is 2. The fraction of sp³-hybridized carbons (Fsp3) is 0.250. The number of benzene rings is 1. The van der Waals surface area contributed by atoms with Crippen LogP contribution in [0, 0.1) is 0 Å². The van der Waals surface area contributed by atoms with Crippen molar-refractivity contribution in [2.75, 3.05) is 20.7 Å². The third-order valence-corrected chi connectivity index (χ3v) is 4.97. The van der Waals surface area contributed by atoms with E-state index in [2.05, 4.69) is 5.32 Å². The minimum Gasteiger partial charge on any atom is -0.482 e. The minimum absolute atomic E-state index is 0.0729. The van der Waals surface area contributed by atoms with Crippen molar-refractivity contribution in [3.8, 4) is 5.75 Å². The number of hydrogen-bond acceptors (Lipinski definition) is 6. The second kappa shape index (κ2) is 8.02. The second-order valence-corrected chi connectivity index (χ2v) is 7.54. The second-order valence-electron chi connectivity index (χ2n) is 5.45. The van der Waals surface area contributed by atoms with Gasteiger partial charge in [0, 0.05) is 26.7 Å². The van der Waals surface area contributed by atoms with Gasteiger partial charge in [-0.15, -0.1) is 0 Å². The predicted octanol–water partition coefficient (Wildman–Crippen LogP) is 0.923. The fourth-order valence-electron chi connectivity index (χ4n) is 1.93. The van der Waals surface area contributed by atoms with Crippen molar-refractivity contribution < 1.29 is 32.3 Å². The molecule has 140 valence electrons. The van der Waals surface area contributed by atoms with E-state index >= 15 is 0 Å². The largest absolute Gasteiger partial charge is 0.482 e. The van der Waals surface area contributed by atoms with Gasteiger partial charge in [-0.25, -0.2) is 17.5 Å². The molecule has 1 amide bonds. The molecule has 2 rings (SSSR count). The first-order valence-electron chi connectivity index (χ1n) is 7.43. The number of nitrogens with one attached hydrogen (secondary N) is 1. The standard InChI is InChI=1S/C16H18N2O7S/c1-18(2)26(22,23)15-7-12(9-25-15)16(21)17-8-11-4-3-5-13(6-11)24-10-14(19)20/h3-7,9H,8,10H2,1-2H3,(H,17,21)(H,19,20). The van der Waals surface area contributed by atoms with Crippen molar-refractivity contribution >= 4 is 21.9 Å². The number of nitrogens with zero attached hydrogens (tertiary/aromatic N) is 1. The molecule has 1 heterocycles. The van der Waals surface area contributed by atoms with Gasteiger partial charge in [-0.2, -0.15) is 0 Å². The van der Waals surface area contributed by atoms with Gasteiger partial charge in [0.2, 0.25) is 5.09 Å². The molecule has 0 saturated carbocycles. The molecule has 2 N–H and O–H groups in total. The molecule has 2 aromatic rings. The molecule has 0 unspecified atom stereocenters. The van der Waals surface area contributed by atoms with E-state index < -0.39 is 28.5 Å². The van der Waals surface area contributed by atoms with Crippen molar-refractivity contribution in [2.24, 2.45) is 0 Å². The average molecular weight is 382 g/mol. The summed E-state index contributed by atoms with van der Waals surface area (Å²) in [4.78, 5) is 22.6. The monoisotopic (exact) mass is 382 g/mol. The van der Waals surface area contributed by atoms with Crippen LogP contribution in [0.5, 0.6) is 5.75 Å². The highest BCUT2D eigenvalue weighted by atomic mass is 32.2. The van der Waals surface area contributed by atoms with E-state index in [1.807, 2.05) is 0 Å². The zero-order valence-corrected chi connectivity index (χ0v) is 14.9. The summed E-state index contributed by atoms with van der Waals surface area (Å²) in [5, 5.41) is 10.9. The molecule has 1 aromatic heterocycles. The molecule has 0 fully saturated rings. The number of furan rings is 1. The van der Waals surface area contributed by atoms with E-state index in [0.717, 1.165) is 16.6 Å². The maximum absolute atomic E-state index is 12.1. The van der Waals surface area contributed by atoms with Crippen molar-refractivity contribution in [3.63, 3.8) is 0 Å². The molecule has 10 heteroatoms. The maximum Gasteiger partial charge on any atom is 0.341 e.